The Balaban J connectivity index is 2.10. The van der Waals surface area contributed by atoms with Crippen LogP contribution in [0.2, 0.25) is 0 Å². The first kappa shape index (κ1) is 16.2. The van der Waals surface area contributed by atoms with Crippen molar-refractivity contribution in [3.63, 3.8) is 0 Å². The van der Waals surface area contributed by atoms with Crippen molar-refractivity contribution in [1.29, 1.82) is 0 Å². The summed E-state index contributed by atoms with van der Waals surface area (Å²) in [5.74, 6) is -0.900. The smallest absolute Gasteiger partial charge is 0.394 e. The summed E-state index contributed by atoms with van der Waals surface area (Å²) < 4.78 is 51.3. The lowest BCUT2D eigenvalue weighted by Crippen LogP contribution is -2.49. The summed E-state index contributed by atoms with van der Waals surface area (Å²) in [6.07, 6.45) is 0.0584. The highest BCUT2D eigenvalue weighted by atomic mass is 19.4. The van der Waals surface area contributed by atoms with Gasteiger partial charge in [0.25, 0.3) is 0 Å². The summed E-state index contributed by atoms with van der Waals surface area (Å²) in [6, 6.07) is 2.53. The number of aliphatic hydroxyl groups is 1. The molecule has 0 aromatic heterocycles. The highest BCUT2D eigenvalue weighted by molar-refractivity contribution is 5.27. The van der Waals surface area contributed by atoms with E-state index in [1.54, 1.807) is 0 Å². The summed E-state index contributed by atoms with van der Waals surface area (Å²) >= 11 is 0. The lowest BCUT2D eigenvalue weighted by molar-refractivity contribution is -0.137. The third-order valence-electron chi connectivity index (χ3n) is 4.07. The number of aliphatic hydroxyl groups excluding tert-OH is 1. The van der Waals surface area contributed by atoms with Crippen LogP contribution in [0.5, 0.6) is 0 Å². The molecular weight excluding hydrogens is 286 g/mol. The van der Waals surface area contributed by atoms with E-state index in [1.807, 2.05) is 0 Å². The Morgan fingerprint density at radius 2 is 1.76 bits per heavy atom. The topological polar surface area (TPSA) is 32.3 Å². The van der Waals surface area contributed by atoms with Crippen LogP contribution >= 0.6 is 0 Å². The second kappa shape index (κ2) is 6.32. The van der Waals surface area contributed by atoms with E-state index in [0.717, 1.165) is 44.2 Å². The van der Waals surface area contributed by atoms with Gasteiger partial charge in [-0.05, 0) is 36.6 Å². The number of nitrogens with one attached hydrogen (secondary N) is 1. The van der Waals surface area contributed by atoms with Gasteiger partial charge in [0.15, 0.2) is 0 Å². The molecule has 0 radical (unpaired) electrons. The molecule has 2 N–H and O–H groups in total. The lowest BCUT2D eigenvalue weighted by atomic mass is 9.82. The predicted octanol–water partition coefficient (Wildman–Crippen LogP) is 3.63. The van der Waals surface area contributed by atoms with Gasteiger partial charge in [-0.1, -0.05) is 19.3 Å². The standard InChI is InChI=1S/C15H19F4NO/c16-13-7-11(6-12(8-13)15(17,18)19)9-20-14(10-21)4-2-1-3-5-14/h6-8,20-21H,1-5,9-10H2. The van der Waals surface area contributed by atoms with Crippen LogP contribution in [-0.4, -0.2) is 17.3 Å². The second-order valence-electron chi connectivity index (χ2n) is 5.70. The Bertz CT molecular complexity index is 481. The predicted molar refractivity (Wildman–Crippen MR) is 71.1 cm³/mol. The minimum atomic E-state index is -4.56. The van der Waals surface area contributed by atoms with Gasteiger partial charge in [-0.25, -0.2) is 4.39 Å². The molecule has 0 saturated heterocycles. The number of hydrogen-bond donors (Lipinski definition) is 2. The Morgan fingerprint density at radius 1 is 1.10 bits per heavy atom. The highest BCUT2D eigenvalue weighted by Crippen LogP contribution is 2.31. The van der Waals surface area contributed by atoms with Gasteiger partial charge in [-0.2, -0.15) is 13.2 Å². The van der Waals surface area contributed by atoms with Gasteiger partial charge >= 0.3 is 6.18 Å². The van der Waals surface area contributed by atoms with E-state index in [4.69, 9.17) is 0 Å². The SMILES string of the molecule is OCC1(NCc2cc(F)cc(C(F)(F)F)c2)CCCCC1. The molecule has 1 aliphatic rings. The van der Waals surface area contributed by atoms with E-state index < -0.39 is 23.1 Å². The maximum Gasteiger partial charge on any atom is 0.416 e. The first-order chi connectivity index (χ1) is 9.85. The molecule has 21 heavy (non-hydrogen) atoms. The lowest BCUT2D eigenvalue weighted by Gasteiger charge is -2.36. The fourth-order valence-corrected chi connectivity index (χ4v) is 2.83. The average molecular weight is 305 g/mol. The molecule has 0 bridgehead atoms. The van der Waals surface area contributed by atoms with Crippen LogP contribution in [0.25, 0.3) is 0 Å². The summed E-state index contributed by atoms with van der Waals surface area (Å²) in [5, 5.41) is 12.7. The quantitative estimate of drug-likeness (QED) is 0.833. The van der Waals surface area contributed by atoms with Crippen molar-refractivity contribution in [2.24, 2.45) is 0 Å². The summed E-state index contributed by atoms with van der Waals surface area (Å²) in [5.41, 5.74) is -1.20. The van der Waals surface area contributed by atoms with Crippen molar-refractivity contribution in [2.75, 3.05) is 6.61 Å². The molecular formula is C15H19F4NO. The molecule has 1 saturated carbocycles. The van der Waals surface area contributed by atoms with Gasteiger partial charge in [0.2, 0.25) is 0 Å². The van der Waals surface area contributed by atoms with E-state index >= 15 is 0 Å². The Hall–Kier alpha value is -1.14. The molecule has 118 valence electrons. The molecule has 2 rings (SSSR count). The van der Waals surface area contributed by atoms with E-state index in [1.165, 1.54) is 0 Å². The molecule has 0 amide bonds. The summed E-state index contributed by atoms with van der Waals surface area (Å²) in [6.45, 7) is 0.0514. The molecule has 1 fully saturated rings. The molecule has 6 heteroatoms. The third-order valence-corrected chi connectivity index (χ3v) is 4.07. The van der Waals surface area contributed by atoms with E-state index in [-0.39, 0.29) is 18.7 Å². The highest BCUT2D eigenvalue weighted by Gasteiger charge is 2.33. The molecule has 0 aliphatic heterocycles. The Kier molecular flexibility index (Phi) is 4.88. The number of alkyl halides is 3. The molecule has 1 aromatic carbocycles. The minimum absolute atomic E-state index is 0.0611. The zero-order chi connectivity index (χ0) is 15.5. The van der Waals surface area contributed by atoms with Crippen molar-refractivity contribution < 1.29 is 22.7 Å². The van der Waals surface area contributed by atoms with Crippen molar-refractivity contribution in [3.05, 3.63) is 35.1 Å². The van der Waals surface area contributed by atoms with Crippen LogP contribution in [0.1, 0.15) is 43.2 Å². The normalized spacial score (nSPS) is 18.7. The third kappa shape index (κ3) is 4.17. The monoisotopic (exact) mass is 305 g/mol. The zero-order valence-corrected chi connectivity index (χ0v) is 11.6. The first-order valence-electron chi connectivity index (χ1n) is 7.07. The van der Waals surface area contributed by atoms with E-state index in [0.29, 0.717) is 6.07 Å². The van der Waals surface area contributed by atoms with Crippen LogP contribution in [0, 0.1) is 5.82 Å². The molecule has 0 unspecified atom stereocenters. The number of hydrogen-bond acceptors (Lipinski definition) is 2. The summed E-state index contributed by atoms with van der Waals surface area (Å²) in [4.78, 5) is 0. The van der Waals surface area contributed by atoms with Gasteiger partial charge in [-0.15, -0.1) is 0 Å². The molecule has 0 spiro atoms. The van der Waals surface area contributed by atoms with Crippen molar-refractivity contribution in [1.82, 2.24) is 5.32 Å². The number of rotatable bonds is 4. The molecule has 0 heterocycles. The van der Waals surface area contributed by atoms with Gasteiger partial charge in [0.1, 0.15) is 5.82 Å². The molecule has 1 aromatic rings. The molecule has 1 aliphatic carbocycles. The average Bonchev–Trinajstić information content (AvgIpc) is 2.45. The Morgan fingerprint density at radius 3 is 2.33 bits per heavy atom. The fourth-order valence-electron chi connectivity index (χ4n) is 2.83. The number of benzene rings is 1. The second-order valence-corrected chi connectivity index (χ2v) is 5.70. The van der Waals surface area contributed by atoms with Crippen LogP contribution < -0.4 is 5.32 Å². The maximum atomic E-state index is 13.3. The van der Waals surface area contributed by atoms with Gasteiger partial charge in [0.05, 0.1) is 12.2 Å². The van der Waals surface area contributed by atoms with Crippen molar-refractivity contribution in [3.8, 4) is 0 Å². The minimum Gasteiger partial charge on any atom is -0.394 e. The molecule has 2 nitrogen and oxygen atoms in total. The molecule has 0 atom stereocenters. The van der Waals surface area contributed by atoms with Crippen molar-refractivity contribution in [2.45, 2.75) is 50.4 Å². The van der Waals surface area contributed by atoms with Crippen molar-refractivity contribution >= 4 is 0 Å². The fraction of sp³-hybridized carbons (Fsp3) is 0.600. The zero-order valence-electron chi connectivity index (χ0n) is 11.6. The van der Waals surface area contributed by atoms with Gasteiger partial charge in [0, 0.05) is 12.1 Å². The van der Waals surface area contributed by atoms with E-state index in [9.17, 15) is 22.7 Å². The largest absolute Gasteiger partial charge is 0.416 e. The van der Waals surface area contributed by atoms with Crippen LogP contribution in [0.3, 0.4) is 0 Å². The summed E-state index contributed by atoms with van der Waals surface area (Å²) in [7, 11) is 0. The van der Waals surface area contributed by atoms with Crippen LogP contribution in [0.15, 0.2) is 18.2 Å². The van der Waals surface area contributed by atoms with Crippen LogP contribution in [0.4, 0.5) is 17.6 Å². The van der Waals surface area contributed by atoms with Crippen LogP contribution in [-0.2, 0) is 12.7 Å². The Labute approximate surface area is 121 Å². The van der Waals surface area contributed by atoms with Gasteiger partial charge in [-0.3, -0.25) is 0 Å². The number of halogens is 4. The van der Waals surface area contributed by atoms with Gasteiger partial charge < -0.3 is 10.4 Å². The maximum absolute atomic E-state index is 13.3. The first-order valence-corrected chi connectivity index (χ1v) is 7.07. The van der Waals surface area contributed by atoms with E-state index in [2.05, 4.69) is 5.32 Å².